The quantitative estimate of drug-likeness (QED) is 0.122. The number of aliphatic imine (C=N–C) groups is 1. The van der Waals surface area contributed by atoms with E-state index in [4.69, 9.17) is 9.97 Å². The van der Waals surface area contributed by atoms with Crippen molar-refractivity contribution in [3.05, 3.63) is 119 Å². The van der Waals surface area contributed by atoms with Gasteiger partial charge in [0.05, 0.1) is 28.2 Å². The highest BCUT2D eigenvalue weighted by Crippen LogP contribution is 2.47. The van der Waals surface area contributed by atoms with Gasteiger partial charge in [-0.2, -0.15) is 41.9 Å². The smallest absolute Gasteiger partial charge is 0.310 e. The molecule has 0 saturated heterocycles. The van der Waals surface area contributed by atoms with Gasteiger partial charge in [0.1, 0.15) is 17.4 Å². The molecular formula is C34H16F6N6. The Labute approximate surface area is 257 Å². The molecule has 0 fully saturated rings. The summed E-state index contributed by atoms with van der Waals surface area (Å²) in [5.74, 6) is 0. The molecule has 1 aromatic heterocycles. The summed E-state index contributed by atoms with van der Waals surface area (Å²) >= 11 is 0. The van der Waals surface area contributed by atoms with Crippen molar-refractivity contribution < 1.29 is 26.3 Å². The van der Waals surface area contributed by atoms with E-state index < -0.39 is 29.5 Å². The average molecular weight is 623 g/mol. The fourth-order valence-electron chi connectivity index (χ4n) is 5.90. The Bertz CT molecular complexity index is 2190. The fourth-order valence-corrected chi connectivity index (χ4v) is 5.90. The van der Waals surface area contributed by atoms with Crippen molar-refractivity contribution in [2.75, 3.05) is 0 Å². The summed E-state index contributed by atoms with van der Waals surface area (Å²) < 4.78 is 79.4. The van der Waals surface area contributed by atoms with Crippen LogP contribution in [-0.4, -0.2) is 15.7 Å². The van der Waals surface area contributed by atoms with Gasteiger partial charge in [-0.3, -0.25) is 0 Å². The summed E-state index contributed by atoms with van der Waals surface area (Å²) in [7, 11) is 0. The van der Waals surface area contributed by atoms with E-state index in [-0.39, 0.29) is 5.71 Å². The third-order valence-corrected chi connectivity index (χ3v) is 8.01. The maximum Gasteiger partial charge on any atom is 0.416 e. The number of halogens is 6. The minimum atomic E-state index is -4.52. The third kappa shape index (κ3) is 4.63. The Balaban J connectivity index is 1.32. The third-order valence-electron chi connectivity index (χ3n) is 8.01. The van der Waals surface area contributed by atoms with Crippen LogP contribution in [0.5, 0.6) is 0 Å². The molecule has 12 heteroatoms. The first kappa shape index (κ1) is 28.7. The van der Waals surface area contributed by atoms with Crippen molar-refractivity contribution in [1.82, 2.24) is 15.3 Å². The molecule has 2 aliphatic rings. The van der Waals surface area contributed by atoms with E-state index in [1.807, 2.05) is 6.19 Å². The Kier molecular flexibility index (Phi) is 6.42. The lowest BCUT2D eigenvalue weighted by atomic mass is 9.97. The van der Waals surface area contributed by atoms with E-state index in [1.165, 1.54) is 18.2 Å². The van der Waals surface area contributed by atoms with Gasteiger partial charge in [-0.25, -0.2) is 9.97 Å². The molecule has 1 heterocycles. The largest absolute Gasteiger partial charge is 0.416 e. The number of hydrogen-bond donors (Lipinski definition) is 1. The number of nitrogens with one attached hydrogen (secondary N) is 1. The van der Waals surface area contributed by atoms with Crippen LogP contribution in [0.4, 0.5) is 26.3 Å². The predicted molar refractivity (Wildman–Crippen MR) is 156 cm³/mol. The molecule has 5 aromatic rings. The van der Waals surface area contributed by atoms with Crippen LogP contribution in [-0.2, 0) is 12.4 Å². The van der Waals surface area contributed by atoms with Crippen molar-refractivity contribution in [2.24, 2.45) is 4.99 Å². The maximum atomic E-state index is 13.4. The van der Waals surface area contributed by atoms with E-state index in [2.05, 4.69) is 10.3 Å². The van der Waals surface area contributed by atoms with E-state index >= 15 is 0 Å². The summed E-state index contributed by atoms with van der Waals surface area (Å²) in [5.41, 5.74) is 4.43. The SMILES string of the molecule is N#CN=C1c2cc(-c3cccc(C(F)(F)F)c3)ccc2-c2nc3c(nc21)-c1ccc(-c2ccc(C(F)(F)F)cc2)cc1C3NC#N. The highest BCUT2D eigenvalue weighted by atomic mass is 19.4. The van der Waals surface area contributed by atoms with Crippen LogP contribution >= 0.6 is 0 Å². The maximum absolute atomic E-state index is 13.4. The molecular weight excluding hydrogens is 606 g/mol. The fraction of sp³-hybridized carbons (Fsp3) is 0.0882. The number of fused-ring (bicyclic) bond motifs is 6. The molecule has 0 amide bonds. The molecule has 1 atom stereocenters. The first-order valence-electron chi connectivity index (χ1n) is 13.7. The number of aromatic nitrogens is 2. The lowest BCUT2D eigenvalue weighted by Gasteiger charge is -2.13. The van der Waals surface area contributed by atoms with E-state index in [0.29, 0.717) is 67.3 Å². The minimum absolute atomic E-state index is 0.205. The molecule has 4 aromatic carbocycles. The second kappa shape index (κ2) is 10.3. The van der Waals surface area contributed by atoms with Gasteiger partial charge in [0.25, 0.3) is 0 Å². The van der Waals surface area contributed by atoms with Crippen molar-refractivity contribution in [3.63, 3.8) is 0 Å². The molecule has 224 valence electrons. The number of rotatable bonds is 3. The lowest BCUT2D eigenvalue weighted by Crippen LogP contribution is -2.16. The first-order chi connectivity index (χ1) is 22.0. The van der Waals surface area contributed by atoms with Crippen LogP contribution in [0.1, 0.15) is 39.7 Å². The molecule has 2 aliphatic carbocycles. The van der Waals surface area contributed by atoms with Crippen molar-refractivity contribution in [3.8, 4) is 57.2 Å². The Morgan fingerprint density at radius 1 is 0.630 bits per heavy atom. The second-order valence-electron chi connectivity index (χ2n) is 10.6. The molecule has 0 bridgehead atoms. The van der Waals surface area contributed by atoms with Gasteiger partial charge in [-0.05, 0) is 64.2 Å². The number of hydrogen-bond acceptors (Lipinski definition) is 6. The Hall–Kier alpha value is -6.01. The zero-order chi connectivity index (χ0) is 32.4. The summed E-state index contributed by atoms with van der Waals surface area (Å²) in [6, 6.07) is 19.2. The van der Waals surface area contributed by atoms with Gasteiger partial charge in [0.15, 0.2) is 6.19 Å². The van der Waals surface area contributed by atoms with Gasteiger partial charge < -0.3 is 5.32 Å². The predicted octanol–water partition coefficient (Wildman–Crippen LogP) is 8.29. The van der Waals surface area contributed by atoms with Gasteiger partial charge in [-0.1, -0.05) is 48.5 Å². The molecule has 1 N–H and O–H groups in total. The van der Waals surface area contributed by atoms with Crippen LogP contribution in [0, 0.1) is 22.9 Å². The van der Waals surface area contributed by atoms with Crippen LogP contribution in [0.3, 0.4) is 0 Å². The Morgan fingerprint density at radius 3 is 1.96 bits per heavy atom. The first-order valence-corrected chi connectivity index (χ1v) is 13.7. The normalized spacial score (nSPS) is 15.4. The van der Waals surface area contributed by atoms with Gasteiger partial charge >= 0.3 is 12.4 Å². The monoisotopic (exact) mass is 622 g/mol. The van der Waals surface area contributed by atoms with Crippen molar-refractivity contribution in [1.29, 1.82) is 10.5 Å². The summed E-state index contributed by atoms with van der Waals surface area (Å²) in [5, 5.41) is 21.9. The molecule has 6 nitrogen and oxygen atoms in total. The highest BCUT2D eigenvalue weighted by molar-refractivity contribution is 6.23. The van der Waals surface area contributed by atoms with E-state index in [9.17, 15) is 36.9 Å². The van der Waals surface area contributed by atoms with E-state index in [1.54, 1.807) is 48.7 Å². The average Bonchev–Trinajstić information content (AvgIpc) is 3.50. The van der Waals surface area contributed by atoms with E-state index in [0.717, 1.165) is 24.3 Å². The minimum Gasteiger partial charge on any atom is -0.310 e. The highest BCUT2D eigenvalue weighted by Gasteiger charge is 2.38. The zero-order valence-corrected chi connectivity index (χ0v) is 23.2. The van der Waals surface area contributed by atoms with Crippen LogP contribution in [0.2, 0.25) is 0 Å². The molecule has 0 saturated carbocycles. The van der Waals surface area contributed by atoms with Crippen molar-refractivity contribution >= 4 is 5.71 Å². The summed E-state index contributed by atoms with van der Waals surface area (Å²) in [6.45, 7) is 0. The number of nitrogens with zero attached hydrogens (tertiary/aromatic N) is 5. The van der Waals surface area contributed by atoms with Gasteiger partial charge in [0.2, 0.25) is 6.19 Å². The van der Waals surface area contributed by atoms with Crippen LogP contribution < -0.4 is 5.32 Å². The summed E-state index contributed by atoms with van der Waals surface area (Å²) in [6.07, 6.45) is -5.27. The molecule has 46 heavy (non-hydrogen) atoms. The second-order valence-corrected chi connectivity index (χ2v) is 10.6. The van der Waals surface area contributed by atoms with Crippen molar-refractivity contribution in [2.45, 2.75) is 18.4 Å². The molecule has 7 rings (SSSR count). The Morgan fingerprint density at radius 2 is 1.28 bits per heavy atom. The standard InChI is InChI=1S/C34H16F6N6/c35-33(36,37)21-8-4-17(5-9-21)19-6-10-23-25(13-19)27(43-15-41)31-29(23)45-32-28(44-16-42)26-14-20(7-11-24(26)30(32)46-31)18-2-1-3-22(12-18)34(38,39)40/h1-14,27,43H. The zero-order valence-electron chi connectivity index (χ0n) is 23.2. The number of alkyl halides is 6. The molecule has 0 radical (unpaired) electrons. The molecule has 0 spiro atoms. The number of benzene rings is 4. The topological polar surface area (TPSA) is 97.8 Å². The van der Waals surface area contributed by atoms with Gasteiger partial charge in [0, 0.05) is 16.7 Å². The molecule has 0 aliphatic heterocycles. The van der Waals surface area contributed by atoms with Crippen LogP contribution in [0.25, 0.3) is 44.8 Å². The molecule has 1 unspecified atom stereocenters. The summed E-state index contributed by atoms with van der Waals surface area (Å²) in [4.78, 5) is 13.7. The lowest BCUT2D eigenvalue weighted by molar-refractivity contribution is -0.138. The number of nitriles is 2. The van der Waals surface area contributed by atoms with Crippen LogP contribution in [0.15, 0.2) is 89.9 Å². The van der Waals surface area contributed by atoms with Gasteiger partial charge in [-0.15, -0.1) is 0 Å².